The molecule has 19 heavy (non-hydrogen) atoms. The number of pyridine rings is 1. The van der Waals surface area contributed by atoms with Gasteiger partial charge in [0.25, 0.3) is 0 Å². The highest BCUT2D eigenvalue weighted by Gasteiger charge is 2.22. The molecular weight excluding hydrogens is 238 g/mol. The van der Waals surface area contributed by atoms with Gasteiger partial charge in [0.1, 0.15) is 11.9 Å². The molecule has 100 valence electrons. The van der Waals surface area contributed by atoms with Crippen LogP contribution in [0.15, 0.2) is 6.07 Å². The van der Waals surface area contributed by atoms with E-state index in [2.05, 4.69) is 23.3 Å². The largest absolute Gasteiger partial charge is 0.378 e. The van der Waals surface area contributed by atoms with Crippen molar-refractivity contribution in [3.05, 3.63) is 22.9 Å². The molecule has 0 spiro atoms. The summed E-state index contributed by atoms with van der Waals surface area (Å²) in [7, 11) is 0. The fourth-order valence-electron chi connectivity index (χ4n) is 2.99. The number of ether oxygens (including phenoxy) is 1. The zero-order valence-corrected chi connectivity index (χ0v) is 11.3. The van der Waals surface area contributed by atoms with Gasteiger partial charge in [0, 0.05) is 18.3 Å². The molecule has 1 aliphatic heterocycles. The van der Waals surface area contributed by atoms with Crippen LogP contribution in [0.2, 0.25) is 0 Å². The van der Waals surface area contributed by atoms with Crippen molar-refractivity contribution in [3.63, 3.8) is 0 Å². The Balaban J connectivity index is 1.82. The third-order valence-corrected chi connectivity index (χ3v) is 4.00. The number of nitriles is 1. The fraction of sp³-hybridized carbons (Fsp3) is 0.600. The van der Waals surface area contributed by atoms with Gasteiger partial charge in [-0.2, -0.15) is 5.26 Å². The average Bonchev–Trinajstić information content (AvgIpc) is 2.85. The lowest BCUT2D eigenvalue weighted by Crippen LogP contribution is -2.33. The van der Waals surface area contributed by atoms with Crippen LogP contribution in [0.3, 0.4) is 0 Å². The molecule has 0 saturated carbocycles. The summed E-state index contributed by atoms with van der Waals surface area (Å²) < 4.78 is 5.55. The molecule has 4 heteroatoms. The Morgan fingerprint density at radius 1 is 1.47 bits per heavy atom. The molecule has 1 aliphatic carbocycles. The highest BCUT2D eigenvalue weighted by molar-refractivity contribution is 5.55. The first-order chi connectivity index (χ1) is 9.26. The minimum Gasteiger partial charge on any atom is -0.378 e. The third kappa shape index (κ3) is 2.57. The summed E-state index contributed by atoms with van der Waals surface area (Å²) >= 11 is 0. The van der Waals surface area contributed by atoms with Crippen LogP contribution in [-0.4, -0.2) is 23.7 Å². The lowest BCUT2D eigenvalue weighted by atomic mass is 10.0. The Kier molecular flexibility index (Phi) is 3.39. The van der Waals surface area contributed by atoms with E-state index in [0.717, 1.165) is 44.5 Å². The maximum atomic E-state index is 9.28. The van der Waals surface area contributed by atoms with E-state index in [0.29, 0.717) is 11.6 Å². The first kappa shape index (κ1) is 12.4. The summed E-state index contributed by atoms with van der Waals surface area (Å²) in [6.45, 7) is 2.88. The molecule has 0 aromatic carbocycles. The maximum Gasteiger partial charge on any atom is 0.144 e. The molecule has 0 amide bonds. The van der Waals surface area contributed by atoms with E-state index in [9.17, 15) is 5.26 Å². The van der Waals surface area contributed by atoms with Gasteiger partial charge in [-0.15, -0.1) is 0 Å². The van der Waals surface area contributed by atoms with Crippen LogP contribution < -0.4 is 5.32 Å². The molecule has 1 aromatic rings. The van der Waals surface area contributed by atoms with Gasteiger partial charge < -0.3 is 10.1 Å². The Bertz CT molecular complexity index is 521. The average molecular weight is 257 g/mol. The molecule has 2 aliphatic rings. The summed E-state index contributed by atoms with van der Waals surface area (Å²) in [5.74, 6) is 0.766. The van der Waals surface area contributed by atoms with Gasteiger partial charge in [-0.1, -0.05) is 0 Å². The van der Waals surface area contributed by atoms with Gasteiger partial charge >= 0.3 is 0 Å². The van der Waals surface area contributed by atoms with E-state index < -0.39 is 0 Å². The number of rotatable bonds is 2. The monoisotopic (exact) mass is 257 g/mol. The van der Waals surface area contributed by atoms with Gasteiger partial charge in [0.05, 0.1) is 11.7 Å². The van der Waals surface area contributed by atoms with Crippen LogP contribution >= 0.6 is 0 Å². The molecule has 2 atom stereocenters. The molecule has 1 N–H and O–H groups in total. The molecular formula is C15H19N3O. The number of aromatic nitrogens is 1. The molecule has 2 unspecified atom stereocenters. The second-order valence-electron chi connectivity index (χ2n) is 5.50. The van der Waals surface area contributed by atoms with Gasteiger partial charge in [-0.25, -0.2) is 4.98 Å². The lowest BCUT2D eigenvalue weighted by Gasteiger charge is -2.28. The van der Waals surface area contributed by atoms with Crippen LogP contribution in [0.25, 0.3) is 0 Å². The lowest BCUT2D eigenvalue weighted by molar-refractivity contribution is 0.0231. The molecule has 1 aromatic heterocycles. The number of hydrogen-bond acceptors (Lipinski definition) is 4. The van der Waals surface area contributed by atoms with Crippen LogP contribution in [0, 0.1) is 11.3 Å². The Morgan fingerprint density at radius 3 is 3.16 bits per heavy atom. The van der Waals surface area contributed by atoms with Gasteiger partial charge in [0.2, 0.25) is 0 Å². The van der Waals surface area contributed by atoms with Gasteiger partial charge in [-0.05, 0) is 50.7 Å². The number of nitrogens with zero attached hydrogens (tertiary/aromatic N) is 2. The van der Waals surface area contributed by atoms with E-state index in [1.165, 1.54) is 11.3 Å². The summed E-state index contributed by atoms with van der Waals surface area (Å²) in [5.41, 5.74) is 3.10. The van der Waals surface area contributed by atoms with Crippen molar-refractivity contribution in [1.82, 2.24) is 4.98 Å². The smallest absolute Gasteiger partial charge is 0.144 e. The molecule has 1 saturated heterocycles. The predicted molar refractivity (Wildman–Crippen MR) is 73.0 cm³/mol. The van der Waals surface area contributed by atoms with Crippen LogP contribution in [0.5, 0.6) is 0 Å². The molecule has 0 bridgehead atoms. The summed E-state index contributed by atoms with van der Waals surface area (Å²) in [6.07, 6.45) is 5.50. The minimum absolute atomic E-state index is 0.284. The molecule has 3 rings (SSSR count). The van der Waals surface area contributed by atoms with Crippen LogP contribution in [-0.2, 0) is 17.6 Å². The quantitative estimate of drug-likeness (QED) is 0.884. The number of anilines is 1. The van der Waals surface area contributed by atoms with Crippen molar-refractivity contribution in [3.8, 4) is 6.07 Å². The normalized spacial score (nSPS) is 25.7. The maximum absolute atomic E-state index is 9.28. The first-order valence-corrected chi connectivity index (χ1v) is 7.07. The molecule has 0 radical (unpaired) electrons. The summed E-state index contributed by atoms with van der Waals surface area (Å²) in [4.78, 5) is 4.67. The SMILES string of the molecule is CC1CC(Nc2nc3c(cc2C#N)CCC3)CCO1. The number of fused-ring (bicyclic) bond motifs is 1. The third-order valence-electron chi connectivity index (χ3n) is 4.00. The topological polar surface area (TPSA) is 57.9 Å². The number of nitrogens with one attached hydrogen (secondary N) is 1. The second-order valence-corrected chi connectivity index (χ2v) is 5.50. The number of aryl methyl sites for hydroxylation is 2. The molecule has 2 heterocycles. The zero-order chi connectivity index (χ0) is 13.2. The van der Waals surface area contributed by atoms with Crippen LogP contribution in [0.4, 0.5) is 5.82 Å². The zero-order valence-electron chi connectivity index (χ0n) is 11.3. The van der Waals surface area contributed by atoms with Crippen molar-refractivity contribution >= 4 is 5.82 Å². The second kappa shape index (κ2) is 5.18. The van der Waals surface area contributed by atoms with Crippen molar-refractivity contribution in [2.75, 3.05) is 11.9 Å². The predicted octanol–water partition coefficient (Wildman–Crippen LogP) is 2.42. The summed E-state index contributed by atoms with van der Waals surface area (Å²) in [5, 5.41) is 12.7. The van der Waals surface area contributed by atoms with Crippen molar-refractivity contribution < 1.29 is 4.74 Å². The van der Waals surface area contributed by atoms with Crippen molar-refractivity contribution in [2.45, 2.75) is 51.2 Å². The van der Waals surface area contributed by atoms with E-state index in [1.54, 1.807) is 0 Å². The van der Waals surface area contributed by atoms with Gasteiger partial charge in [0.15, 0.2) is 0 Å². The first-order valence-electron chi connectivity index (χ1n) is 7.07. The van der Waals surface area contributed by atoms with E-state index in [4.69, 9.17) is 4.74 Å². The fourth-order valence-corrected chi connectivity index (χ4v) is 2.99. The Labute approximate surface area is 113 Å². The highest BCUT2D eigenvalue weighted by Crippen LogP contribution is 2.26. The van der Waals surface area contributed by atoms with Crippen molar-refractivity contribution in [1.29, 1.82) is 5.26 Å². The number of hydrogen-bond donors (Lipinski definition) is 1. The highest BCUT2D eigenvalue weighted by atomic mass is 16.5. The van der Waals surface area contributed by atoms with E-state index in [1.807, 2.05) is 6.07 Å². The standard InChI is InChI=1S/C15H19N3O/c1-10-7-13(5-6-19-10)17-15-12(9-16)8-11-3-2-4-14(11)18-15/h8,10,13H,2-7H2,1H3,(H,17,18). The minimum atomic E-state index is 0.284. The molecule has 1 fully saturated rings. The van der Waals surface area contributed by atoms with E-state index in [-0.39, 0.29) is 6.10 Å². The van der Waals surface area contributed by atoms with Crippen molar-refractivity contribution in [2.24, 2.45) is 0 Å². The Hall–Kier alpha value is -1.60. The van der Waals surface area contributed by atoms with E-state index >= 15 is 0 Å². The Morgan fingerprint density at radius 2 is 2.37 bits per heavy atom. The van der Waals surface area contributed by atoms with Gasteiger partial charge in [-0.3, -0.25) is 0 Å². The molecule has 4 nitrogen and oxygen atoms in total. The van der Waals surface area contributed by atoms with Crippen LogP contribution in [0.1, 0.15) is 43.0 Å². The summed E-state index contributed by atoms with van der Waals surface area (Å²) in [6, 6.07) is 4.65.